The Morgan fingerprint density at radius 2 is 1.65 bits per heavy atom. The molecule has 1 heterocycles. The molecule has 16 heteroatoms. The number of carbonyl (C=O) groups is 5. The van der Waals surface area contributed by atoms with Gasteiger partial charge in [-0.05, 0) is 18.8 Å². The van der Waals surface area contributed by atoms with Crippen LogP contribution >= 0.6 is 0 Å². The van der Waals surface area contributed by atoms with Gasteiger partial charge in [0.15, 0.2) is 5.96 Å². The third kappa shape index (κ3) is 11.4. The van der Waals surface area contributed by atoms with Gasteiger partial charge in [0.1, 0.15) is 18.1 Å². The summed E-state index contributed by atoms with van der Waals surface area (Å²) >= 11 is 0. The number of hydrogen-bond donors (Lipinski definition) is 9. The van der Waals surface area contributed by atoms with Crippen molar-refractivity contribution in [3.63, 3.8) is 0 Å². The number of primary amides is 1. The summed E-state index contributed by atoms with van der Waals surface area (Å²) in [6.07, 6.45) is 2.68. The summed E-state index contributed by atoms with van der Waals surface area (Å²) in [6.45, 7) is 3.35. The molecule has 4 atom stereocenters. The number of H-pyrrole nitrogens is 1. The zero-order valence-corrected chi connectivity index (χ0v) is 20.8. The summed E-state index contributed by atoms with van der Waals surface area (Å²) in [5, 5.41) is 16.6. The predicted molar refractivity (Wildman–Crippen MR) is 132 cm³/mol. The van der Waals surface area contributed by atoms with E-state index in [0.29, 0.717) is 5.69 Å². The van der Waals surface area contributed by atoms with Crippen molar-refractivity contribution in [1.82, 2.24) is 25.9 Å². The van der Waals surface area contributed by atoms with Gasteiger partial charge in [-0.3, -0.25) is 24.2 Å². The molecule has 13 N–H and O–H groups in total. The molecule has 1 aromatic rings. The Morgan fingerprint density at radius 3 is 2.16 bits per heavy atom. The highest BCUT2D eigenvalue weighted by Gasteiger charge is 2.31. The van der Waals surface area contributed by atoms with Crippen LogP contribution in [-0.2, 0) is 30.4 Å². The number of nitrogens with two attached hydrogens (primary N) is 4. The van der Waals surface area contributed by atoms with Crippen molar-refractivity contribution in [3.05, 3.63) is 18.2 Å². The quantitative estimate of drug-likeness (QED) is 0.0581. The van der Waals surface area contributed by atoms with Gasteiger partial charge in [-0.1, -0.05) is 13.8 Å². The van der Waals surface area contributed by atoms with E-state index >= 15 is 0 Å². The van der Waals surface area contributed by atoms with Gasteiger partial charge in [0.05, 0.1) is 18.8 Å². The maximum atomic E-state index is 13.0. The standard InChI is InChI=1S/C21H36N10O6/c1-10(2)16(20(36)37)31-18(34)13(4-3-5-27-21(24)25)29-19(35)14(7-15(23)32)30-17(33)12(22)6-11-8-26-9-28-11/h8-10,12-14,16H,3-7,22H2,1-2H3,(H2,23,32)(H,26,28)(H,29,35)(H,30,33)(H,31,34)(H,36,37)(H4,24,25,27). The van der Waals surface area contributed by atoms with E-state index in [0.717, 1.165) is 0 Å². The fraction of sp³-hybridized carbons (Fsp3) is 0.571. The van der Waals surface area contributed by atoms with Gasteiger partial charge in [0.25, 0.3) is 0 Å². The molecule has 1 rings (SSSR count). The van der Waals surface area contributed by atoms with Crippen molar-refractivity contribution >= 4 is 35.6 Å². The van der Waals surface area contributed by atoms with Gasteiger partial charge in [-0.2, -0.15) is 0 Å². The zero-order chi connectivity index (χ0) is 28.1. The average molecular weight is 525 g/mol. The van der Waals surface area contributed by atoms with Crippen molar-refractivity contribution in [2.75, 3.05) is 6.54 Å². The normalized spacial score (nSPS) is 14.1. The second-order valence-corrected chi connectivity index (χ2v) is 8.70. The highest BCUT2D eigenvalue weighted by Crippen LogP contribution is 2.06. The number of aromatic amines is 1. The summed E-state index contributed by atoms with van der Waals surface area (Å²) in [5.74, 6) is -5.15. The molecule has 0 spiro atoms. The smallest absolute Gasteiger partial charge is 0.326 e. The van der Waals surface area contributed by atoms with Crippen LogP contribution in [0, 0.1) is 5.92 Å². The van der Waals surface area contributed by atoms with Crippen LogP contribution in [0.3, 0.4) is 0 Å². The number of amides is 4. The number of carbonyl (C=O) groups excluding carboxylic acids is 4. The fourth-order valence-electron chi connectivity index (χ4n) is 3.23. The lowest BCUT2D eigenvalue weighted by Crippen LogP contribution is -2.58. The van der Waals surface area contributed by atoms with Crippen molar-refractivity contribution < 1.29 is 29.1 Å². The molecule has 0 radical (unpaired) electrons. The molecule has 206 valence electrons. The number of hydrogen-bond acceptors (Lipinski definition) is 8. The molecule has 37 heavy (non-hydrogen) atoms. The average Bonchev–Trinajstić information content (AvgIpc) is 3.30. The summed E-state index contributed by atoms with van der Waals surface area (Å²) in [7, 11) is 0. The summed E-state index contributed by atoms with van der Waals surface area (Å²) in [5.41, 5.74) is 22.3. The van der Waals surface area contributed by atoms with Crippen LogP contribution in [0.15, 0.2) is 17.5 Å². The molecule has 16 nitrogen and oxygen atoms in total. The van der Waals surface area contributed by atoms with Gasteiger partial charge < -0.3 is 49.0 Å². The lowest BCUT2D eigenvalue weighted by Gasteiger charge is -2.25. The molecular weight excluding hydrogens is 488 g/mol. The highest BCUT2D eigenvalue weighted by atomic mass is 16.4. The summed E-state index contributed by atoms with van der Waals surface area (Å²) in [4.78, 5) is 72.0. The van der Waals surface area contributed by atoms with E-state index in [4.69, 9.17) is 22.9 Å². The SMILES string of the molecule is CC(C)C(NC(=O)C(CCCN=C(N)N)NC(=O)C(CC(N)=O)NC(=O)C(N)Cc1cnc[nH]1)C(=O)O. The molecular formula is C21H36N10O6. The van der Waals surface area contributed by atoms with E-state index in [1.54, 1.807) is 13.8 Å². The molecule has 0 aliphatic rings. The molecule has 4 unspecified atom stereocenters. The van der Waals surface area contributed by atoms with Gasteiger partial charge in [-0.15, -0.1) is 0 Å². The minimum Gasteiger partial charge on any atom is -0.480 e. The maximum Gasteiger partial charge on any atom is 0.326 e. The van der Waals surface area contributed by atoms with Crippen LogP contribution in [-0.4, -0.2) is 81.3 Å². The first-order valence-electron chi connectivity index (χ1n) is 11.5. The number of rotatable bonds is 16. The Labute approximate surface area is 213 Å². The minimum absolute atomic E-state index is 0.0232. The first-order chi connectivity index (χ1) is 17.3. The Morgan fingerprint density at radius 1 is 1.03 bits per heavy atom. The molecule has 0 bridgehead atoms. The largest absolute Gasteiger partial charge is 0.480 e. The van der Waals surface area contributed by atoms with Crippen LogP contribution < -0.4 is 38.9 Å². The van der Waals surface area contributed by atoms with E-state index in [9.17, 15) is 29.1 Å². The molecule has 0 aliphatic heterocycles. The van der Waals surface area contributed by atoms with Crippen molar-refractivity contribution in [2.24, 2.45) is 33.8 Å². The van der Waals surface area contributed by atoms with Crippen LogP contribution in [0.25, 0.3) is 0 Å². The van der Waals surface area contributed by atoms with E-state index in [1.165, 1.54) is 12.5 Å². The Kier molecular flexibility index (Phi) is 12.5. The van der Waals surface area contributed by atoms with E-state index in [1.807, 2.05) is 0 Å². The zero-order valence-electron chi connectivity index (χ0n) is 20.8. The van der Waals surface area contributed by atoms with Crippen molar-refractivity contribution in [3.8, 4) is 0 Å². The number of nitrogens with one attached hydrogen (secondary N) is 4. The molecule has 1 aromatic heterocycles. The number of guanidine groups is 1. The molecule has 0 aliphatic carbocycles. The second-order valence-electron chi connectivity index (χ2n) is 8.70. The Balaban J connectivity index is 3.00. The topological polar surface area (TPSA) is 287 Å². The molecule has 0 aromatic carbocycles. The maximum absolute atomic E-state index is 13.0. The lowest BCUT2D eigenvalue weighted by atomic mass is 10.0. The van der Waals surface area contributed by atoms with E-state index < -0.39 is 66.1 Å². The highest BCUT2D eigenvalue weighted by molar-refractivity contribution is 5.96. The van der Waals surface area contributed by atoms with Crippen LogP contribution in [0.4, 0.5) is 0 Å². The van der Waals surface area contributed by atoms with Crippen LogP contribution in [0.5, 0.6) is 0 Å². The predicted octanol–water partition coefficient (Wildman–Crippen LogP) is -3.60. The first kappa shape index (κ1) is 30.8. The third-order valence-corrected chi connectivity index (χ3v) is 5.18. The number of aliphatic carboxylic acids is 1. The van der Waals surface area contributed by atoms with E-state index in [2.05, 4.69) is 30.9 Å². The van der Waals surface area contributed by atoms with Gasteiger partial charge in [-0.25, -0.2) is 9.78 Å². The Hall–Kier alpha value is -4.21. The van der Waals surface area contributed by atoms with Crippen molar-refractivity contribution in [1.29, 1.82) is 0 Å². The first-order valence-corrected chi connectivity index (χ1v) is 11.5. The number of aliphatic imine (C=N–C) groups is 1. The van der Waals surface area contributed by atoms with Crippen LogP contribution in [0.2, 0.25) is 0 Å². The molecule has 4 amide bonds. The van der Waals surface area contributed by atoms with Gasteiger partial charge >= 0.3 is 5.97 Å². The summed E-state index contributed by atoms with van der Waals surface area (Å²) < 4.78 is 0. The number of nitrogens with zero attached hydrogens (tertiary/aromatic N) is 2. The molecule has 0 fully saturated rings. The number of carboxylic acid groups (broad SMARTS) is 1. The minimum atomic E-state index is -1.44. The number of imidazole rings is 1. The van der Waals surface area contributed by atoms with E-state index in [-0.39, 0.29) is 31.8 Å². The lowest BCUT2D eigenvalue weighted by molar-refractivity contribution is -0.143. The third-order valence-electron chi connectivity index (χ3n) is 5.18. The fourth-order valence-corrected chi connectivity index (χ4v) is 3.23. The second kappa shape index (κ2) is 15.0. The number of aromatic nitrogens is 2. The van der Waals surface area contributed by atoms with Gasteiger partial charge in [0.2, 0.25) is 23.6 Å². The van der Waals surface area contributed by atoms with Gasteiger partial charge in [0, 0.05) is 24.9 Å². The number of carboxylic acids is 1. The molecule has 0 saturated carbocycles. The molecule has 0 saturated heterocycles. The monoisotopic (exact) mass is 524 g/mol. The van der Waals surface area contributed by atoms with Crippen molar-refractivity contribution in [2.45, 2.75) is 63.7 Å². The summed E-state index contributed by atoms with van der Waals surface area (Å²) in [6, 6.07) is -4.96. The van der Waals surface area contributed by atoms with Crippen LogP contribution in [0.1, 0.15) is 38.8 Å². The Bertz CT molecular complexity index is 961.